The van der Waals surface area contributed by atoms with Gasteiger partial charge in [-0.15, -0.1) is 0 Å². The number of hydrogen-bond acceptors (Lipinski definition) is 2. The number of nitrogens with one attached hydrogen (secondary N) is 1. The van der Waals surface area contributed by atoms with Crippen LogP contribution in [0, 0.1) is 5.92 Å². The summed E-state index contributed by atoms with van der Waals surface area (Å²) in [6, 6.07) is 0. The van der Waals surface area contributed by atoms with Crippen LogP contribution >= 0.6 is 0 Å². The van der Waals surface area contributed by atoms with Crippen molar-refractivity contribution in [2.75, 3.05) is 13.1 Å². The number of rotatable bonds is 5. The minimum absolute atomic E-state index is 0.250. The first-order valence-electron chi connectivity index (χ1n) is 5.36. The number of alkyl halides is 3. The Bertz CT molecular complexity index is 201. The summed E-state index contributed by atoms with van der Waals surface area (Å²) >= 11 is 0. The molecule has 1 rings (SSSR count). The van der Waals surface area contributed by atoms with Gasteiger partial charge in [-0.3, -0.25) is 0 Å². The lowest BCUT2D eigenvalue weighted by atomic mass is 9.76. The van der Waals surface area contributed by atoms with Crippen LogP contribution in [0.4, 0.5) is 13.2 Å². The van der Waals surface area contributed by atoms with Gasteiger partial charge >= 0.3 is 6.18 Å². The predicted molar refractivity (Wildman–Crippen MR) is 53.5 cm³/mol. The molecule has 2 nitrogen and oxygen atoms in total. The molecule has 1 fully saturated rings. The summed E-state index contributed by atoms with van der Waals surface area (Å²) in [4.78, 5) is 0. The highest BCUT2D eigenvalue weighted by atomic mass is 19.4. The summed E-state index contributed by atoms with van der Waals surface area (Å²) in [6.07, 6.45) is 0.0484. The maximum Gasteiger partial charge on any atom is 0.401 e. The van der Waals surface area contributed by atoms with E-state index in [0.717, 1.165) is 19.3 Å². The molecule has 0 bridgehead atoms. The van der Waals surface area contributed by atoms with Crippen molar-refractivity contribution < 1.29 is 13.2 Å². The highest BCUT2D eigenvalue weighted by molar-refractivity contribution is 4.89. The Morgan fingerprint density at radius 2 is 1.93 bits per heavy atom. The second-order valence-electron chi connectivity index (χ2n) is 4.73. The molecule has 0 heterocycles. The van der Waals surface area contributed by atoms with Crippen molar-refractivity contribution in [1.82, 2.24) is 5.32 Å². The summed E-state index contributed by atoms with van der Waals surface area (Å²) in [5.41, 5.74) is 4.96. The molecule has 5 heteroatoms. The van der Waals surface area contributed by atoms with E-state index in [2.05, 4.69) is 5.32 Å². The first-order valence-corrected chi connectivity index (χ1v) is 5.36. The molecule has 0 aromatic carbocycles. The maximum atomic E-state index is 12.1. The van der Waals surface area contributed by atoms with Crippen molar-refractivity contribution in [3.8, 4) is 0 Å². The van der Waals surface area contributed by atoms with Gasteiger partial charge in [0.1, 0.15) is 0 Å². The molecule has 0 aliphatic heterocycles. The van der Waals surface area contributed by atoms with Crippen molar-refractivity contribution >= 4 is 0 Å². The summed E-state index contributed by atoms with van der Waals surface area (Å²) < 4.78 is 36.2. The highest BCUT2D eigenvalue weighted by Crippen LogP contribution is 2.33. The summed E-state index contributed by atoms with van der Waals surface area (Å²) in [5.74, 6) is 0.555. The first kappa shape index (κ1) is 12.8. The SMILES string of the molecule is CC(CN)(CC1CCC1)NCC(F)(F)F. The van der Waals surface area contributed by atoms with Gasteiger partial charge in [0.05, 0.1) is 6.54 Å². The molecule has 0 saturated heterocycles. The molecule has 0 aromatic heterocycles. The third kappa shape index (κ3) is 4.38. The van der Waals surface area contributed by atoms with Crippen LogP contribution in [0.1, 0.15) is 32.6 Å². The molecule has 1 atom stereocenters. The van der Waals surface area contributed by atoms with Gasteiger partial charge < -0.3 is 11.1 Å². The molecule has 0 aromatic rings. The van der Waals surface area contributed by atoms with E-state index in [-0.39, 0.29) is 6.54 Å². The third-order valence-electron chi connectivity index (χ3n) is 3.13. The number of hydrogen-bond donors (Lipinski definition) is 2. The molecule has 0 spiro atoms. The van der Waals surface area contributed by atoms with Crippen molar-refractivity contribution in [2.45, 2.75) is 44.3 Å². The predicted octanol–water partition coefficient (Wildman–Crippen LogP) is 2.05. The van der Waals surface area contributed by atoms with E-state index >= 15 is 0 Å². The Morgan fingerprint density at radius 1 is 1.33 bits per heavy atom. The number of halogens is 3. The molecule has 1 aliphatic rings. The van der Waals surface area contributed by atoms with Crippen LogP contribution in [0.25, 0.3) is 0 Å². The van der Waals surface area contributed by atoms with Gasteiger partial charge in [-0.2, -0.15) is 13.2 Å². The molecule has 1 unspecified atom stereocenters. The molecule has 15 heavy (non-hydrogen) atoms. The average Bonchev–Trinajstić information content (AvgIpc) is 2.07. The standard InChI is InChI=1S/C10H19F3N2/c1-9(6-14,5-8-3-2-4-8)15-7-10(11,12)13/h8,15H,2-7,14H2,1H3. The van der Waals surface area contributed by atoms with Gasteiger partial charge in [-0.1, -0.05) is 19.3 Å². The van der Waals surface area contributed by atoms with Gasteiger partial charge in [0, 0.05) is 12.1 Å². The van der Waals surface area contributed by atoms with Crippen molar-refractivity contribution in [3.63, 3.8) is 0 Å². The molecular formula is C10H19F3N2. The van der Waals surface area contributed by atoms with Gasteiger partial charge in [-0.25, -0.2) is 0 Å². The number of nitrogens with two attached hydrogens (primary N) is 1. The van der Waals surface area contributed by atoms with Crippen LogP contribution in [0.2, 0.25) is 0 Å². The average molecular weight is 224 g/mol. The molecule has 3 N–H and O–H groups in total. The maximum absolute atomic E-state index is 12.1. The van der Waals surface area contributed by atoms with E-state index in [1.54, 1.807) is 6.92 Å². The largest absolute Gasteiger partial charge is 0.401 e. The van der Waals surface area contributed by atoms with Gasteiger partial charge in [-0.05, 0) is 19.3 Å². The second-order valence-corrected chi connectivity index (χ2v) is 4.73. The lowest BCUT2D eigenvalue weighted by molar-refractivity contribution is -0.128. The summed E-state index contributed by atoms with van der Waals surface area (Å²) in [6.45, 7) is 1.07. The molecule has 1 aliphatic carbocycles. The lowest BCUT2D eigenvalue weighted by Crippen LogP contribution is -2.53. The Morgan fingerprint density at radius 3 is 2.27 bits per heavy atom. The Labute approximate surface area is 88.4 Å². The van der Waals surface area contributed by atoms with Gasteiger partial charge in [0.25, 0.3) is 0 Å². The summed E-state index contributed by atoms with van der Waals surface area (Å²) in [5, 5.41) is 2.53. The van der Waals surface area contributed by atoms with Gasteiger partial charge in [0.2, 0.25) is 0 Å². The molecular weight excluding hydrogens is 205 g/mol. The minimum atomic E-state index is -4.16. The van der Waals surface area contributed by atoms with Crippen LogP contribution < -0.4 is 11.1 Å². The van der Waals surface area contributed by atoms with E-state index in [0.29, 0.717) is 5.92 Å². The van der Waals surface area contributed by atoms with E-state index < -0.39 is 18.3 Å². The zero-order valence-corrected chi connectivity index (χ0v) is 9.03. The van der Waals surface area contributed by atoms with E-state index in [1.807, 2.05) is 0 Å². The van der Waals surface area contributed by atoms with Crippen molar-refractivity contribution in [1.29, 1.82) is 0 Å². The molecule has 90 valence electrons. The topological polar surface area (TPSA) is 38.0 Å². The quantitative estimate of drug-likeness (QED) is 0.750. The fraction of sp³-hybridized carbons (Fsp3) is 1.00. The van der Waals surface area contributed by atoms with E-state index in [9.17, 15) is 13.2 Å². The van der Waals surface area contributed by atoms with Crippen LogP contribution in [-0.4, -0.2) is 24.8 Å². The monoisotopic (exact) mass is 224 g/mol. The second kappa shape index (κ2) is 4.70. The minimum Gasteiger partial charge on any atom is -0.329 e. The Kier molecular flexibility index (Phi) is 4.00. The fourth-order valence-electron chi connectivity index (χ4n) is 1.88. The lowest BCUT2D eigenvalue weighted by Gasteiger charge is -2.37. The van der Waals surface area contributed by atoms with Crippen molar-refractivity contribution in [3.05, 3.63) is 0 Å². The van der Waals surface area contributed by atoms with Crippen molar-refractivity contribution in [2.24, 2.45) is 11.7 Å². The first-order chi connectivity index (χ1) is 6.85. The Balaban J connectivity index is 2.37. The smallest absolute Gasteiger partial charge is 0.329 e. The zero-order chi connectivity index (χ0) is 11.5. The fourth-order valence-corrected chi connectivity index (χ4v) is 1.88. The normalized spacial score (nSPS) is 22.2. The van der Waals surface area contributed by atoms with Gasteiger partial charge in [0.15, 0.2) is 0 Å². The Hall–Kier alpha value is -0.290. The molecule has 1 saturated carbocycles. The zero-order valence-electron chi connectivity index (χ0n) is 9.03. The van der Waals surface area contributed by atoms with Crippen LogP contribution in [0.5, 0.6) is 0 Å². The van der Waals surface area contributed by atoms with Crippen LogP contribution in [0.15, 0.2) is 0 Å². The van der Waals surface area contributed by atoms with E-state index in [4.69, 9.17) is 5.73 Å². The summed E-state index contributed by atoms with van der Waals surface area (Å²) in [7, 11) is 0. The van der Waals surface area contributed by atoms with Crippen LogP contribution in [0.3, 0.4) is 0 Å². The molecule has 0 radical (unpaired) electrons. The highest BCUT2D eigenvalue weighted by Gasteiger charge is 2.34. The molecule has 0 amide bonds. The van der Waals surface area contributed by atoms with E-state index in [1.165, 1.54) is 6.42 Å². The third-order valence-corrected chi connectivity index (χ3v) is 3.13. The van der Waals surface area contributed by atoms with Crippen LogP contribution in [-0.2, 0) is 0 Å².